The summed E-state index contributed by atoms with van der Waals surface area (Å²) in [4.78, 5) is 7.01. The summed E-state index contributed by atoms with van der Waals surface area (Å²) in [5, 5.41) is 6.71. The Labute approximate surface area is 184 Å². The van der Waals surface area contributed by atoms with Gasteiger partial charge in [0.15, 0.2) is 5.96 Å². The second-order valence-corrected chi connectivity index (χ2v) is 8.92. The maximum Gasteiger partial charge on any atom is 0.213 e. The fraction of sp³-hybridized carbons (Fsp3) is 0.944. The number of aliphatic imine (C=N–C) groups is 1. The van der Waals surface area contributed by atoms with E-state index in [9.17, 15) is 8.42 Å². The SMILES string of the molecule is CCNC(=NCCCN(C)S(=O)(=O)CC)NC(C)CCCN(CC)CC.I. The van der Waals surface area contributed by atoms with Crippen LogP contribution in [0.5, 0.6) is 0 Å². The third-order valence-corrected chi connectivity index (χ3v) is 6.34. The summed E-state index contributed by atoms with van der Waals surface area (Å²) in [6.07, 6.45) is 2.97. The van der Waals surface area contributed by atoms with Crippen molar-refractivity contribution in [2.24, 2.45) is 4.99 Å². The molecule has 27 heavy (non-hydrogen) atoms. The average molecular weight is 520 g/mol. The molecule has 0 aromatic carbocycles. The molecule has 1 unspecified atom stereocenters. The molecular formula is C18H42IN5O2S. The van der Waals surface area contributed by atoms with Gasteiger partial charge >= 0.3 is 0 Å². The Kier molecular flexibility index (Phi) is 18.1. The molecule has 0 amide bonds. The van der Waals surface area contributed by atoms with E-state index in [2.05, 4.69) is 41.3 Å². The zero-order valence-electron chi connectivity index (χ0n) is 18.1. The second-order valence-electron chi connectivity index (χ2n) is 6.55. The van der Waals surface area contributed by atoms with Gasteiger partial charge in [-0.3, -0.25) is 4.99 Å². The van der Waals surface area contributed by atoms with Gasteiger partial charge in [-0.05, 0) is 59.7 Å². The summed E-state index contributed by atoms with van der Waals surface area (Å²) < 4.78 is 24.9. The molecule has 0 aromatic heterocycles. The van der Waals surface area contributed by atoms with Gasteiger partial charge in [0, 0.05) is 32.7 Å². The molecule has 164 valence electrons. The van der Waals surface area contributed by atoms with Gasteiger partial charge in [-0.25, -0.2) is 12.7 Å². The fourth-order valence-corrected chi connectivity index (χ4v) is 3.48. The van der Waals surface area contributed by atoms with Crippen LogP contribution in [0, 0.1) is 0 Å². The van der Waals surface area contributed by atoms with Crippen molar-refractivity contribution in [3.63, 3.8) is 0 Å². The Morgan fingerprint density at radius 3 is 2.22 bits per heavy atom. The predicted molar refractivity (Wildman–Crippen MR) is 128 cm³/mol. The highest BCUT2D eigenvalue weighted by molar-refractivity contribution is 14.0. The number of guanidine groups is 1. The summed E-state index contributed by atoms with van der Waals surface area (Å²) in [7, 11) is -1.47. The molecule has 0 heterocycles. The minimum absolute atomic E-state index is 0. The number of hydrogen-bond donors (Lipinski definition) is 2. The number of rotatable bonds is 14. The van der Waals surface area contributed by atoms with Gasteiger partial charge in [-0.15, -0.1) is 24.0 Å². The maximum absolute atomic E-state index is 11.7. The zero-order valence-corrected chi connectivity index (χ0v) is 21.3. The van der Waals surface area contributed by atoms with E-state index in [4.69, 9.17) is 0 Å². The van der Waals surface area contributed by atoms with Gasteiger partial charge in [0.05, 0.1) is 5.75 Å². The van der Waals surface area contributed by atoms with Crippen LogP contribution in [-0.4, -0.2) is 81.7 Å². The van der Waals surface area contributed by atoms with E-state index in [1.54, 1.807) is 14.0 Å². The number of sulfonamides is 1. The third-order valence-electron chi connectivity index (χ3n) is 4.47. The van der Waals surface area contributed by atoms with E-state index in [1.165, 1.54) is 4.31 Å². The highest BCUT2D eigenvalue weighted by Crippen LogP contribution is 2.01. The Bertz CT molecular complexity index is 484. The summed E-state index contributed by atoms with van der Waals surface area (Å²) in [5.41, 5.74) is 0. The topological polar surface area (TPSA) is 77.0 Å². The molecule has 0 aliphatic rings. The van der Waals surface area contributed by atoms with E-state index in [1.807, 2.05) is 6.92 Å². The van der Waals surface area contributed by atoms with Crippen molar-refractivity contribution in [1.29, 1.82) is 0 Å². The van der Waals surface area contributed by atoms with Gasteiger partial charge in [-0.1, -0.05) is 13.8 Å². The fourth-order valence-electron chi connectivity index (χ4n) is 2.63. The van der Waals surface area contributed by atoms with Crippen LogP contribution in [0.2, 0.25) is 0 Å². The molecule has 0 saturated heterocycles. The lowest BCUT2D eigenvalue weighted by Crippen LogP contribution is -2.42. The first-order valence-corrected chi connectivity index (χ1v) is 11.6. The van der Waals surface area contributed by atoms with E-state index in [0.717, 1.165) is 45.0 Å². The summed E-state index contributed by atoms with van der Waals surface area (Å²) in [5.74, 6) is 0.950. The lowest BCUT2D eigenvalue weighted by molar-refractivity contribution is 0.292. The van der Waals surface area contributed by atoms with Crippen LogP contribution in [0.3, 0.4) is 0 Å². The van der Waals surface area contributed by atoms with Crippen molar-refractivity contribution in [3.8, 4) is 0 Å². The number of nitrogens with zero attached hydrogens (tertiary/aromatic N) is 3. The molecule has 0 spiro atoms. The normalized spacial score (nSPS) is 13.6. The van der Waals surface area contributed by atoms with E-state index < -0.39 is 10.0 Å². The van der Waals surface area contributed by atoms with Crippen LogP contribution in [0.1, 0.15) is 53.9 Å². The van der Waals surface area contributed by atoms with Crippen molar-refractivity contribution >= 4 is 40.0 Å². The first-order valence-electron chi connectivity index (χ1n) is 10.0. The van der Waals surface area contributed by atoms with Crippen molar-refractivity contribution < 1.29 is 8.42 Å². The first kappa shape index (κ1) is 29.1. The molecule has 7 nitrogen and oxygen atoms in total. The lowest BCUT2D eigenvalue weighted by Gasteiger charge is -2.21. The van der Waals surface area contributed by atoms with E-state index in [-0.39, 0.29) is 29.7 Å². The molecule has 0 bridgehead atoms. The van der Waals surface area contributed by atoms with Crippen molar-refractivity contribution in [3.05, 3.63) is 0 Å². The minimum Gasteiger partial charge on any atom is -0.357 e. The van der Waals surface area contributed by atoms with Crippen LogP contribution in [0.15, 0.2) is 4.99 Å². The number of nitrogens with one attached hydrogen (secondary N) is 2. The third kappa shape index (κ3) is 13.6. The largest absolute Gasteiger partial charge is 0.357 e. The van der Waals surface area contributed by atoms with Gasteiger partial charge in [0.2, 0.25) is 10.0 Å². The summed E-state index contributed by atoms with van der Waals surface area (Å²) in [6.45, 7) is 15.5. The Hall–Kier alpha value is -0.130. The monoisotopic (exact) mass is 519 g/mol. The Balaban J connectivity index is 0. The van der Waals surface area contributed by atoms with E-state index >= 15 is 0 Å². The smallest absolute Gasteiger partial charge is 0.213 e. The summed E-state index contributed by atoms with van der Waals surface area (Å²) >= 11 is 0. The van der Waals surface area contributed by atoms with Gasteiger partial charge in [0.25, 0.3) is 0 Å². The van der Waals surface area contributed by atoms with Gasteiger partial charge in [0.1, 0.15) is 0 Å². The quantitative estimate of drug-likeness (QED) is 0.160. The predicted octanol–water partition coefficient (Wildman–Crippen LogP) is 2.34. The van der Waals surface area contributed by atoms with Crippen LogP contribution in [0.4, 0.5) is 0 Å². The van der Waals surface area contributed by atoms with Crippen molar-refractivity contribution in [1.82, 2.24) is 19.8 Å². The molecule has 0 aromatic rings. The maximum atomic E-state index is 11.7. The Morgan fingerprint density at radius 1 is 1.07 bits per heavy atom. The molecule has 1 atom stereocenters. The molecule has 0 fully saturated rings. The highest BCUT2D eigenvalue weighted by Gasteiger charge is 2.14. The molecule has 0 aliphatic carbocycles. The molecule has 2 N–H and O–H groups in total. The van der Waals surface area contributed by atoms with Gasteiger partial charge in [-0.2, -0.15) is 0 Å². The van der Waals surface area contributed by atoms with Crippen LogP contribution in [-0.2, 0) is 10.0 Å². The molecule has 9 heteroatoms. The van der Waals surface area contributed by atoms with Gasteiger partial charge < -0.3 is 15.5 Å². The minimum atomic E-state index is -3.10. The number of halogens is 1. The Morgan fingerprint density at radius 2 is 1.70 bits per heavy atom. The lowest BCUT2D eigenvalue weighted by atomic mass is 10.2. The zero-order chi connectivity index (χ0) is 20.0. The molecule has 0 rings (SSSR count). The van der Waals surface area contributed by atoms with Crippen LogP contribution in [0.25, 0.3) is 0 Å². The highest BCUT2D eigenvalue weighted by atomic mass is 127. The summed E-state index contributed by atoms with van der Waals surface area (Å²) in [6, 6.07) is 0.353. The second kappa shape index (κ2) is 16.8. The van der Waals surface area contributed by atoms with Crippen molar-refractivity contribution in [2.45, 2.75) is 59.9 Å². The van der Waals surface area contributed by atoms with Crippen LogP contribution >= 0.6 is 24.0 Å². The van der Waals surface area contributed by atoms with Crippen LogP contribution < -0.4 is 10.6 Å². The molecular weight excluding hydrogens is 477 g/mol. The number of hydrogen-bond acceptors (Lipinski definition) is 4. The van der Waals surface area contributed by atoms with Crippen molar-refractivity contribution in [2.75, 3.05) is 52.1 Å². The average Bonchev–Trinajstić information content (AvgIpc) is 2.62. The molecule has 0 saturated carbocycles. The molecule has 0 radical (unpaired) electrons. The van der Waals surface area contributed by atoms with E-state index in [0.29, 0.717) is 25.6 Å². The standard InChI is InChI=1S/C18H41N5O2S.HI/c1-7-19-18(20-14-12-15-22(6)26(24,25)10-4)21-17(5)13-11-16-23(8-2)9-3;/h17H,7-16H2,1-6H3,(H2,19,20,21);1H. The molecule has 0 aliphatic heterocycles. The first-order chi connectivity index (χ1) is 12.3.